The normalized spacial score (nSPS) is 17.0. The summed E-state index contributed by atoms with van der Waals surface area (Å²) in [5.74, 6) is -0.243. The zero-order valence-corrected chi connectivity index (χ0v) is 28.6. The number of aromatic amines is 1. The Kier molecular flexibility index (Phi) is 9.64. The van der Waals surface area contributed by atoms with E-state index < -0.39 is 11.6 Å². The number of anilines is 1. The van der Waals surface area contributed by atoms with Gasteiger partial charge in [-0.3, -0.25) is 14.3 Å². The molecule has 1 N–H and O–H groups in total. The summed E-state index contributed by atoms with van der Waals surface area (Å²) in [4.78, 5) is 40.1. The Morgan fingerprint density at radius 2 is 1.82 bits per heavy atom. The number of hydrogen-bond donors (Lipinski definition) is 1. The van der Waals surface area contributed by atoms with E-state index in [0.717, 1.165) is 49.4 Å². The van der Waals surface area contributed by atoms with Crippen LogP contribution in [0.3, 0.4) is 0 Å². The molecule has 1 saturated heterocycles. The van der Waals surface area contributed by atoms with Crippen molar-refractivity contribution >= 4 is 39.7 Å². The highest BCUT2D eigenvalue weighted by atomic mass is 19.1. The number of fused-ring (bicyclic) bond motifs is 1. The molecular weight excluding hydrogens is 642 g/mol. The Morgan fingerprint density at radius 1 is 1.00 bits per heavy atom. The lowest BCUT2D eigenvalue weighted by atomic mass is 9.83. The Morgan fingerprint density at radius 3 is 2.58 bits per heavy atom. The molecule has 262 valence electrons. The molecule has 0 radical (unpaired) electrons. The summed E-state index contributed by atoms with van der Waals surface area (Å²) in [6.07, 6.45) is 12.4. The van der Waals surface area contributed by atoms with E-state index in [1.54, 1.807) is 32.9 Å². The molecule has 5 heterocycles. The van der Waals surface area contributed by atoms with E-state index in [2.05, 4.69) is 27.2 Å². The number of benzene rings is 1. The molecule has 3 aliphatic rings. The van der Waals surface area contributed by atoms with Crippen LogP contribution < -0.4 is 9.64 Å². The predicted molar refractivity (Wildman–Crippen MR) is 187 cm³/mol. The zero-order valence-electron chi connectivity index (χ0n) is 28.6. The Hall–Kier alpha value is -5.07. The summed E-state index contributed by atoms with van der Waals surface area (Å²) in [7, 11) is 1.48. The lowest BCUT2D eigenvalue weighted by molar-refractivity contribution is -0.131. The molecule has 50 heavy (non-hydrogen) atoms. The summed E-state index contributed by atoms with van der Waals surface area (Å²) in [6, 6.07) is 5.06. The number of allylic oxidation sites excluding steroid dienone is 2. The molecule has 0 unspecified atom stereocenters. The summed E-state index contributed by atoms with van der Waals surface area (Å²) in [5.41, 5.74) is 5.43. The van der Waals surface area contributed by atoms with Crippen LogP contribution in [-0.2, 0) is 11.3 Å². The molecule has 1 aliphatic carbocycles. The maximum Gasteiger partial charge on any atom is 0.270 e. The van der Waals surface area contributed by atoms with Crippen molar-refractivity contribution in [3.8, 4) is 5.75 Å². The highest BCUT2D eigenvalue weighted by Crippen LogP contribution is 2.41. The first-order chi connectivity index (χ1) is 24.3. The second-order valence-corrected chi connectivity index (χ2v) is 13.1. The topological polar surface area (TPSA) is 112 Å². The van der Waals surface area contributed by atoms with E-state index in [9.17, 15) is 14.0 Å². The quantitative estimate of drug-likeness (QED) is 0.236. The summed E-state index contributed by atoms with van der Waals surface area (Å²) >= 11 is 0. The minimum atomic E-state index is -0.479. The first-order valence-corrected chi connectivity index (χ1v) is 17.5. The van der Waals surface area contributed by atoms with Crippen molar-refractivity contribution in [1.29, 1.82) is 0 Å². The minimum absolute atomic E-state index is 0.0161. The fraction of sp³-hybridized carbons (Fsp3) is 0.432. The van der Waals surface area contributed by atoms with Crippen LogP contribution in [0.5, 0.6) is 5.75 Å². The summed E-state index contributed by atoms with van der Waals surface area (Å²) in [6.45, 7) is 5.27. The molecule has 0 atom stereocenters. The number of ether oxygens (including phenoxy) is 1. The minimum Gasteiger partial charge on any atom is -0.493 e. The summed E-state index contributed by atoms with van der Waals surface area (Å²) < 4.78 is 37.4. The number of aromatic nitrogens is 5. The lowest BCUT2D eigenvalue weighted by Crippen LogP contribution is -2.49. The van der Waals surface area contributed by atoms with E-state index in [1.807, 2.05) is 17.0 Å². The highest BCUT2D eigenvalue weighted by molar-refractivity contribution is 6.03. The smallest absolute Gasteiger partial charge is 0.270 e. The third-order valence-corrected chi connectivity index (χ3v) is 10.2. The van der Waals surface area contributed by atoms with Gasteiger partial charge in [-0.2, -0.15) is 0 Å². The van der Waals surface area contributed by atoms with Crippen molar-refractivity contribution in [3.63, 3.8) is 0 Å². The number of pyridine rings is 1. The third-order valence-electron chi connectivity index (χ3n) is 10.2. The SMILES string of the molecule is CCC1=C(c2cc(C3=CCCN(C(=O)CCn4ccnn4)C3)c(F)c3[nH]c(C(=O)N4CCN(c5ncc(F)cc5OC)CC4)cc23)CCCC1. The number of nitrogens with one attached hydrogen (secondary N) is 1. The molecule has 0 saturated carbocycles. The van der Waals surface area contributed by atoms with Gasteiger partial charge in [-0.05, 0) is 67.4 Å². The molecule has 3 aromatic heterocycles. The number of nitrogens with zero attached hydrogens (tertiary/aromatic N) is 7. The van der Waals surface area contributed by atoms with E-state index >= 15 is 4.39 Å². The molecule has 4 aromatic rings. The molecule has 0 spiro atoms. The molecule has 0 bridgehead atoms. The fourth-order valence-corrected chi connectivity index (χ4v) is 7.51. The second kappa shape index (κ2) is 14.4. The number of carbonyl (C=O) groups is 2. The number of rotatable bonds is 9. The molecule has 7 rings (SSSR count). The molecular formula is C37H42F2N8O3. The lowest BCUT2D eigenvalue weighted by Gasteiger charge is -2.35. The van der Waals surface area contributed by atoms with E-state index in [4.69, 9.17) is 4.74 Å². The van der Waals surface area contributed by atoms with E-state index in [0.29, 0.717) is 86.0 Å². The number of piperazine rings is 1. The number of aryl methyl sites for hydroxylation is 1. The Bertz CT molecular complexity index is 1960. The fourth-order valence-electron chi connectivity index (χ4n) is 7.51. The van der Waals surface area contributed by atoms with Gasteiger partial charge in [0.15, 0.2) is 17.4 Å². The molecule has 2 amide bonds. The van der Waals surface area contributed by atoms with Gasteiger partial charge in [-0.1, -0.05) is 23.8 Å². The van der Waals surface area contributed by atoms with Gasteiger partial charge in [-0.15, -0.1) is 5.10 Å². The molecule has 2 aliphatic heterocycles. The van der Waals surface area contributed by atoms with Crippen LogP contribution in [-0.4, -0.2) is 93.0 Å². The monoisotopic (exact) mass is 684 g/mol. The first kappa shape index (κ1) is 33.4. The highest BCUT2D eigenvalue weighted by Gasteiger charge is 2.29. The van der Waals surface area contributed by atoms with Gasteiger partial charge in [0.2, 0.25) is 5.91 Å². The number of carbonyl (C=O) groups excluding carboxylic acids is 2. The number of amides is 2. The maximum absolute atomic E-state index is 16.7. The number of methoxy groups -OCH3 is 1. The van der Waals surface area contributed by atoms with E-state index in [1.165, 1.54) is 24.3 Å². The second-order valence-electron chi connectivity index (χ2n) is 13.1. The van der Waals surface area contributed by atoms with Gasteiger partial charge in [0.1, 0.15) is 11.5 Å². The van der Waals surface area contributed by atoms with Crippen LogP contribution in [0.2, 0.25) is 0 Å². The van der Waals surface area contributed by atoms with Crippen molar-refractivity contribution < 1.29 is 23.1 Å². The predicted octanol–water partition coefficient (Wildman–Crippen LogP) is 5.85. The van der Waals surface area contributed by atoms with Gasteiger partial charge < -0.3 is 24.4 Å². The van der Waals surface area contributed by atoms with Crippen molar-refractivity contribution in [3.05, 3.63) is 76.9 Å². The molecule has 1 fully saturated rings. The molecule has 11 nitrogen and oxygen atoms in total. The number of H-pyrrole nitrogens is 1. The van der Waals surface area contributed by atoms with Crippen LogP contribution >= 0.6 is 0 Å². The zero-order chi connectivity index (χ0) is 34.8. The Labute approximate surface area is 289 Å². The average molecular weight is 685 g/mol. The standard InChI is InChI=1S/C37H42F2N8O3/c1-3-24-7-4-5-9-27(24)29-20-28(25-8-6-12-46(23-25)33(48)10-13-47-14-11-41-43-47)34(39)35-30(29)21-31(42-35)37(49)45-17-15-44(16-18-45)36-32(50-2)19-26(38)22-40-36/h8,11,14,19-22,42H,3-7,9-10,12-13,15-18,23H2,1-2H3. The van der Waals surface area contributed by atoms with Crippen molar-refractivity contribution in [2.24, 2.45) is 0 Å². The van der Waals surface area contributed by atoms with Crippen LogP contribution in [0.25, 0.3) is 22.0 Å². The largest absolute Gasteiger partial charge is 0.493 e. The van der Waals surface area contributed by atoms with Crippen LogP contribution in [0.1, 0.15) is 73.5 Å². The van der Waals surface area contributed by atoms with Gasteiger partial charge in [0.25, 0.3) is 5.91 Å². The van der Waals surface area contributed by atoms with Crippen LogP contribution in [0.4, 0.5) is 14.6 Å². The molecule has 13 heteroatoms. The van der Waals surface area contributed by atoms with Gasteiger partial charge in [-0.25, -0.2) is 13.8 Å². The third kappa shape index (κ3) is 6.60. The average Bonchev–Trinajstić information content (AvgIpc) is 3.85. The van der Waals surface area contributed by atoms with Crippen molar-refractivity contribution in [1.82, 2.24) is 34.8 Å². The van der Waals surface area contributed by atoms with Gasteiger partial charge in [0, 0.05) is 68.9 Å². The van der Waals surface area contributed by atoms with Crippen molar-refractivity contribution in [2.45, 2.75) is 58.4 Å². The Balaban J connectivity index is 1.18. The van der Waals surface area contributed by atoms with Gasteiger partial charge >= 0.3 is 0 Å². The van der Waals surface area contributed by atoms with Crippen molar-refractivity contribution in [2.75, 3.05) is 51.3 Å². The van der Waals surface area contributed by atoms with Crippen LogP contribution in [0.15, 0.2) is 48.4 Å². The number of halogens is 2. The maximum atomic E-state index is 16.7. The molecule has 1 aromatic carbocycles. The summed E-state index contributed by atoms with van der Waals surface area (Å²) in [5, 5.41) is 8.46. The number of hydrogen-bond acceptors (Lipinski definition) is 7. The van der Waals surface area contributed by atoms with E-state index in [-0.39, 0.29) is 18.2 Å². The van der Waals surface area contributed by atoms with Crippen LogP contribution in [0, 0.1) is 11.6 Å². The van der Waals surface area contributed by atoms with Gasteiger partial charge in [0.05, 0.1) is 31.6 Å². The first-order valence-electron chi connectivity index (χ1n) is 17.5.